The Kier molecular flexibility index (Phi) is 5.76. The Morgan fingerprint density at radius 3 is 2.48 bits per heavy atom. The zero-order valence-electron chi connectivity index (χ0n) is 14.4. The standard InChI is InChI=1S/C17H21N3O4S/c1-13-6-4-5-7-14(13)10-18-16(21)12-20-11-15(8-9-17(20)22)25(23,24)19(2)3/h4-9,11H,10,12H2,1-3H3,(H,18,21). The molecule has 7 nitrogen and oxygen atoms in total. The van der Waals surface area contributed by atoms with Gasteiger partial charge in [0.1, 0.15) is 6.54 Å². The molecule has 0 atom stereocenters. The van der Waals surface area contributed by atoms with Crippen molar-refractivity contribution in [1.29, 1.82) is 0 Å². The minimum absolute atomic E-state index is 0.0381. The van der Waals surface area contributed by atoms with E-state index in [9.17, 15) is 18.0 Å². The number of nitrogens with zero attached hydrogens (tertiary/aromatic N) is 2. The number of pyridine rings is 1. The number of sulfonamides is 1. The molecule has 0 spiro atoms. The molecule has 1 N–H and O–H groups in total. The van der Waals surface area contributed by atoms with E-state index < -0.39 is 15.6 Å². The number of aromatic nitrogens is 1. The summed E-state index contributed by atoms with van der Waals surface area (Å²) in [6, 6.07) is 10.0. The zero-order chi connectivity index (χ0) is 18.6. The monoisotopic (exact) mass is 363 g/mol. The molecule has 2 aromatic rings. The molecule has 1 aromatic heterocycles. The zero-order valence-corrected chi connectivity index (χ0v) is 15.2. The minimum Gasteiger partial charge on any atom is -0.350 e. The lowest BCUT2D eigenvalue weighted by Crippen LogP contribution is -2.32. The van der Waals surface area contributed by atoms with Crippen LogP contribution in [0.4, 0.5) is 0 Å². The van der Waals surface area contributed by atoms with E-state index in [-0.39, 0.29) is 17.3 Å². The Morgan fingerprint density at radius 2 is 1.84 bits per heavy atom. The maximum Gasteiger partial charge on any atom is 0.251 e. The third-order valence-electron chi connectivity index (χ3n) is 3.79. The first-order valence-electron chi connectivity index (χ1n) is 7.66. The lowest BCUT2D eigenvalue weighted by Gasteiger charge is -2.13. The highest BCUT2D eigenvalue weighted by Crippen LogP contribution is 2.10. The van der Waals surface area contributed by atoms with Crippen molar-refractivity contribution in [2.45, 2.75) is 24.9 Å². The van der Waals surface area contributed by atoms with Crippen LogP contribution in [0.5, 0.6) is 0 Å². The first kappa shape index (κ1) is 18.9. The number of nitrogens with one attached hydrogen (secondary N) is 1. The lowest BCUT2D eigenvalue weighted by atomic mass is 10.1. The third kappa shape index (κ3) is 4.55. The van der Waals surface area contributed by atoms with Gasteiger partial charge in [0, 0.05) is 32.9 Å². The van der Waals surface area contributed by atoms with Gasteiger partial charge in [-0.15, -0.1) is 0 Å². The fraction of sp³-hybridized carbons (Fsp3) is 0.294. The second-order valence-electron chi connectivity index (χ2n) is 5.82. The number of hydrogen-bond donors (Lipinski definition) is 1. The van der Waals surface area contributed by atoms with Crippen molar-refractivity contribution in [1.82, 2.24) is 14.2 Å². The smallest absolute Gasteiger partial charge is 0.251 e. The van der Waals surface area contributed by atoms with Crippen LogP contribution in [0.15, 0.2) is 52.3 Å². The van der Waals surface area contributed by atoms with Gasteiger partial charge < -0.3 is 9.88 Å². The minimum atomic E-state index is -3.67. The molecule has 0 bridgehead atoms. The molecule has 0 aliphatic carbocycles. The summed E-state index contributed by atoms with van der Waals surface area (Å²) in [7, 11) is -0.866. The van der Waals surface area contributed by atoms with Crippen molar-refractivity contribution in [3.63, 3.8) is 0 Å². The summed E-state index contributed by atoms with van der Waals surface area (Å²) in [5, 5.41) is 2.74. The van der Waals surface area contributed by atoms with Crippen LogP contribution in [0.25, 0.3) is 0 Å². The van der Waals surface area contributed by atoms with Crippen molar-refractivity contribution < 1.29 is 13.2 Å². The number of carbonyl (C=O) groups excluding carboxylic acids is 1. The number of aryl methyl sites for hydroxylation is 1. The SMILES string of the molecule is Cc1ccccc1CNC(=O)Cn1cc(S(=O)(=O)N(C)C)ccc1=O. The van der Waals surface area contributed by atoms with Gasteiger partial charge in [0.2, 0.25) is 15.9 Å². The van der Waals surface area contributed by atoms with Crippen LogP contribution in [0, 0.1) is 6.92 Å². The van der Waals surface area contributed by atoms with Gasteiger partial charge >= 0.3 is 0 Å². The Labute approximate surface area is 147 Å². The molecular formula is C17H21N3O4S. The topological polar surface area (TPSA) is 88.5 Å². The van der Waals surface area contributed by atoms with Crippen molar-refractivity contribution in [2.75, 3.05) is 14.1 Å². The molecule has 1 heterocycles. The van der Waals surface area contributed by atoms with Crippen molar-refractivity contribution in [2.24, 2.45) is 0 Å². The number of hydrogen-bond acceptors (Lipinski definition) is 4. The maximum absolute atomic E-state index is 12.1. The second-order valence-corrected chi connectivity index (χ2v) is 7.97. The van der Waals surface area contributed by atoms with Crippen LogP contribution in [0.3, 0.4) is 0 Å². The number of benzene rings is 1. The largest absolute Gasteiger partial charge is 0.350 e. The van der Waals surface area contributed by atoms with E-state index >= 15 is 0 Å². The number of carbonyl (C=O) groups is 1. The van der Waals surface area contributed by atoms with Crippen molar-refractivity contribution >= 4 is 15.9 Å². The molecule has 1 aromatic carbocycles. The average Bonchev–Trinajstić information content (AvgIpc) is 2.55. The summed E-state index contributed by atoms with van der Waals surface area (Å²) in [4.78, 5) is 24.0. The van der Waals surface area contributed by atoms with Gasteiger partial charge in [0.25, 0.3) is 5.56 Å². The first-order chi connectivity index (χ1) is 11.7. The van der Waals surface area contributed by atoms with Gasteiger partial charge in [-0.2, -0.15) is 0 Å². The Bertz CT molecular complexity index is 933. The molecule has 0 aliphatic rings. The highest BCUT2D eigenvalue weighted by molar-refractivity contribution is 7.89. The lowest BCUT2D eigenvalue weighted by molar-refractivity contribution is -0.121. The van der Waals surface area contributed by atoms with E-state index in [1.807, 2.05) is 31.2 Å². The van der Waals surface area contributed by atoms with Gasteiger partial charge in [-0.05, 0) is 24.1 Å². The van der Waals surface area contributed by atoms with Crippen molar-refractivity contribution in [3.05, 3.63) is 64.1 Å². The molecule has 2 rings (SSSR count). The Hall–Kier alpha value is -2.45. The van der Waals surface area contributed by atoms with E-state index in [0.717, 1.165) is 26.1 Å². The Morgan fingerprint density at radius 1 is 1.16 bits per heavy atom. The van der Waals surface area contributed by atoms with Crippen LogP contribution in [-0.2, 0) is 27.9 Å². The summed E-state index contributed by atoms with van der Waals surface area (Å²) < 4.78 is 26.4. The van der Waals surface area contributed by atoms with Gasteiger partial charge in [-0.25, -0.2) is 12.7 Å². The van der Waals surface area contributed by atoms with Crippen LogP contribution in [0.2, 0.25) is 0 Å². The molecule has 8 heteroatoms. The molecule has 0 fully saturated rings. The van der Waals surface area contributed by atoms with Gasteiger partial charge in [-0.1, -0.05) is 24.3 Å². The number of amides is 1. The fourth-order valence-electron chi connectivity index (χ4n) is 2.21. The molecule has 0 radical (unpaired) electrons. The summed E-state index contributed by atoms with van der Waals surface area (Å²) in [6.45, 7) is 2.04. The predicted molar refractivity (Wildman–Crippen MR) is 94.6 cm³/mol. The van der Waals surface area contributed by atoms with Crippen molar-refractivity contribution in [3.8, 4) is 0 Å². The predicted octanol–water partition coefficient (Wildman–Crippen LogP) is 0.723. The van der Waals surface area contributed by atoms with E-state index in [2.05, 4.69) is 5.32 Å². The van der Waals surface area contributed by atoms with Gasteiger partial charge in [-0.3, -0.25) is 9.59 Å². The van der Waals surface area contributed by atoms with Crippen LogP contribution in [0.1, 0.15) is 11.1 Å². The van der Waals surface area contributed by atoms with Gasteiger partial charge in [0.05, 0.1) is 4.90 Å². The summed E-state index contributed by atoms with van der Waals surface area (Å²) in [6.07, 6.45) is 1.19. The molecule has 0 unspecified atom stereocenters. The van der Waals surface area contributed by atoms with E-state index in [1.54, 1.807) is 0 Å². The maximum atomic E-state index is 12.1. The Balaban J connectivity index is 2.13. The summed E-state index contributed by atoms with van der Waals surface area (Å²) in [5.41, 5.74) is 1.59. The summed E-state index contributed by atoms with van der Waals surface area (Å²) in [5.74, 6) is -0.371. The average molecular weight is 363 g/mol. The van der Waals surface area contributed by atoms with Crippen LogP contribution >= 0.6 is 0 Å². The molecule has 25 heavy (non-hydrogen) atoms. The van der Waals surface area contributed by atoms with Crippen LogP contribution < -0.4 is 10.9 Å². The quantitative estimate of drug-likeness (QED) is 0.819. The summed E-state index contributed by atoms with van der Waals surface area (Å²) >= 11 is 0. The number of rotatable bonds is 6. The highest BCUT2D eigenvalue weighted by Gasteiger charge is 2.18. The second kappa shape index (κ2) is 7.62. The van der Waals surface area contributed by atoms with Crippen LogP contribution in [-0.4, -0.2) is 37.3 Å². The highest BCUT2D eigenvalue weighted by atomic mass is 32.2. The molecular weight excluding hydrogens is 342 g/mol. The van der Waals surface area contributed by atoms with E-state index in [0.29, 0.717) is 6.54 Å². The van der Waals surface area contributed by atoms with E-state index in [1.165, 1.54) is 26.4 Å². The normalized spacial score (nSPS) is 11.5. The first-order valence-corrected chi connectivity index (χ1v) is 9.10. The fourth-order valence-corrected chi connectivity index (χ4v) is 3.13. The molecule has 134 valence electrons. The molecule has 1 amide bonds. The van der Waals surface area contributed by atoms with Gasteiger partial charge in [0.15, 0.2) is 0 Å². The van der Waals surface area contributed by atoms with E-state index in [4.69, 9.17) is 0 Å². The molecule has 0 saturated heterocycles. The molecule has 0 aliphatic heterocycles. The third-order valence-corrected chi connectivity index (χ3v) is 5.58. The molecule has 0 saturated carbocycles.